The van der Waals surface area contributed by atoms with Crippen LogP contribution in [0.25, 0.3) is 5.69 Å². The van der Waals surface area contributed by atoms with Crippen molar-refractivity contribution in [2.75, 3.05) is 13.1 Å². The Hall–Kier alpha value is -2.14. The van der Waals surface area contributed by atoms with E-state index >= 15 is 0 Å². The van der Waals surface area contributed by atoms with Crippen molar-refractivity contribution in [3.8, 4) is 5.69 Å². The van der Waals surface area contributed by atoms with E-state index in [1.165, 1.54) is 0 Å². The molecule has 1 saturated heterocycles. The zero-order valence-electron chi connectivity index (χ0n) is 12.2. The minimum absolute atomic E-state index is 0.102. The quantitative estimate of drug-likeness (QED) is 0.931. The number of nitrogens with one attached hydrogen (secondary N) is 1. The van der Waals surface area contributed by atoms with E-state index in [2.05, 4.69) is 15.3 Å². The van der Waals surface area contributed by atoms with Crippen molar-refractivity contribution in [3.63, 3.8) is 0 Å². The summed E-state index contributed by atoms with van der Waals surface area (Å²) in [7, 11) is 0. The molecule has 1 amide bonds. The molecule has 110 valence electrons. The SMILES string of the molecule is C[C@H]1C(=O)NCCCN1Cc1ccn(-c2ccccc2)n1. The van der Waals surface area contributed by atoms with Crippen LogP contribution in [0.15, 0.2) is 42.6 Å². The van der Waals surface area contributed by atoms with Crippen LogP contribution in [0.4, 0.5) is 0 Å². The lowest BCUT2D eigenvalue weighted by atomic mass is 10.2. The van der Waals surface area contributed by atoms with Gasteiger partial charge in [0.1, 0.15) is 0 Å². The number of benzene rings is 1. The smallest absolute Gasteiger partial charge is 0.237 e. The highest BCUT2D eigenvalue weighted by atomic mass is 16.2. The molecule has 3 rings (SSSR count). The van der Waals surface area contributed by atoms with Crippen LogP contribution in [0.5, 0.6) is 0 Å². The summed E-state index contributed by atoms with van der Waals surface area (Å²) in [5, 5.41) is 7.54. The Morgan fingerprint density at radius 1 is 1.29 bits per heavy atom. The molecule has 1 N–H and O–H groups in total. The molecular weight excluding hydrogens is 264 g/mol. The first-order valence-electron chi connectivity index (χ1n) is 7.36. The van der Waals surface area contributed by atoms with E-state index in [4.69, 9.17) is 0 Å². The first-order chi connectivity index (χ1) is 10.2. The second-order valence-corrected chi connectivity index (χ2v) is 5.38. The molecule has 1 aliphatic rings. The topological polar surface area (TPSA) is 50.2 Å². The van der Waals surface area contributed by atoms with Gasteiger partial charge in [0.15, 0.2) is 0 Å². The summed E-state index contributed by atoms with van der Waals surface area (Å²) < 4.78 is 1.87. The molecule has 1 aliphatic heterocycles. The minimum Gasteiger partial charge on any atom is -0.355 e. The van der Waals surface area contributed by atoms with Crippen molar-refractivity contribution in [1.29, 1.82) is 0 Å². The van der Waals surface area contributed by atoms with Gasteiger partial charge < -0.3 is 5.32 Å². The van der Waals surface area contributed by atoms with E-state index in [1.807, 2.05) is 54.2 Å². The normalized spacial score (nSPS) is 20.0. The first kappa shape index (κ1) is 13.8. The molecule has 0 spiro atoms. The first-order valence-corrected chi connectivity index (χ1v) is 7.36. The van der Waals surface area contributed by atoms with Gasteiger partial charge in [0.2, 0.25) is 5.91 Å². The van der Waals surface area contributed by atoms with Crippen LogP contribution in [0.1, 0.15) is 19.0 Å². The number of para-hydroxylation sites is 1. The average Bonchev–Trinajstić information content (AvgIpc) is 2.92. The zero-order valence-corrected chi connectivity index (χ0v) is 12.2. The zero-order chi connectivity index (χ0) is 14.7. The van der Waals surface area contributed by atoms with Gasteiger partial charge in [0.25, 0.3) is 0 Å². The molecule has 0 aliphatic carbocycles. The predicted octanol–water partition coefficient (Wildman–Crippen LogP) is 1.58. The van der Waals surface area contributed by atoms with Crippen molar-refractivity contribution in [2.45, 2.75) is 25.9 Å². The summed E-state index contributed by atoms with van der Waals surface area (Å²) in [6.45, 7) is 4.33. The van der Waals surface area contributed by atoms with E-state index in [1.54, 1.807) is 0 Å². The third kappa shape index (κ3) is 3.13. The fraction of sp³-hybridized carbons (Fsp3) is 0.375. The third-order valence-corrected chi connectivity index (χ3v) is 3.88. The van der Waals surface area contributed by atoms with Crippen molar-refractivity contribution in [2.24, 2.45) is 0 Å². The van der Waals surface area contributed by atoms with Gasteiger partial charge in [-0.3, -0.25) is 9.69 Å². The van der Waals surface area contributed by atoms with Gasteiger partial charge in [-0.15, -0.1) is 0 Å². The standard InChI is InChI=1S/C16H20N4O/c1-13-16(21)17-9-5-10-19(13)12-14-8-11-20(18-14)15-6-3-2-4-7-15/h2-4,6-8,11,13H,5,9-10,12H2,1H3,(H,17,21)/t13-/m0/s1. The molecule has 1 aromatic carbocycles. The van der Waals surface area contributed by atoms with Crippen molar-refractivity contribution in [1.82, 2.24) is 20.0 Å². The van der Waals surface area contributed by atoms with Gasteiger partial charge >= 0.3 is 0 Å². The Morgan fingerprint density at radius 2 is 2.10 bits per heavy atom. The highest BCUT2D eigenvalue weighted by Gasteiger charge is 2.24. The van der Waals surface area contributed by atoms with Crippen LogP contribution in [0.3, 0.4) is 0 Å². The Kier molecular flexibility index (Phi) is 4.01. The summed E-state index contributed by atoms with van der Waals surface area (Å²) in [4.78, 5) is 14.0. The van der Waals surface area contributed by atoms with Gasteiger partial charge in [-0.05, 0) is 31.5 Å². The van der Waals surface area contributed by atoms with Crippen LogP contribution >= 0.6 is 0 Å². The number of amides is 1. The Labute approximate surface area is 124 Å². The number of aromatic nitrogens is 2. The van der Waals surface area contributed by atoms with E-state index in [0.717, 1.165) is 30.9 Å². The number of hydrogen-bond donors (Lipinski definition) is 1. The minimum atomic E-state index is -0.102. The average molecular weight is 284 g/mol. The van der Waals surface area contributed by atoms with Crippen LogP contribution in [0.2, 0.25) is 0 Å². The van der Waals surface area contributed by atoms with Gasteiger partial charge in [-0.1, -0.05) is 18.2 Å². The molecule has 1 fully saturated rings. The summed E-state index contributed by atoms with van der Waals surface area (Å²) >= 11 is 0. The van der Waals surface area contributed by atoms with Crippen LogP contribution in [0, 0.1) is 0 Å². The maximum absolute atomic E-state index is 11.9. The van der Waals surface area contributed by atoms with Gasteiger partial charge in [0.05, 0.1) is 17.4 Å². The van der Waals surface area contributed by atoms with Crippen LogP contribution in [-0.4, -0.2) is 39.7 Å². The lowest BCUT2D eigenvalue weighted by Crippen LogP contribution is -2.41. The number of rotatable bonds is 3. The Balaban J connectivity index is 1.73. The molecule has 21 heavy (non-hydrogen) atoms. The maximum atomic E-state index is 11.9. The molecule has 1 aromatic heterocycles. The maximum Gasteiger partial charge on any atom is 0.237 e. The van der Waals surface area contributed by atoms with E-state index in [0.29, 0.717) is 6.54 Å². The molecule has 0 radical (unpaired) electrons. The van der Waals surface area contributed by atoms with E-state index < -0.39 is 0 Å². The van der Waals surface area contributed by atoms with Gasteiger partial charge in [-0.2, -0.15) is 5.10 Å². The highest BCUT2D eigenvalue weighted by Crippen LogP contribution is 2.12. The third-order valence-electron chi connectivity index (χ3n) is 3.88. The highest BCUT2D eigenvalue weighted by molar-refractivity contribution is 5.81. The molecule has 1 atom stereocenters. The summed E-state index contributed by atoms with van der Waals surface area (Å²) in [5.74, 6) is 0.106. The number of carbonyl (C=O) groups is 1. The number of hydrogen-bond acceptors (Lipinski definition) is 3. The molecular formula is C16H20N4O. The number of carbonyl (C=O) groups excluding carboxylic acids is 1. The fourth-order valence-electron chi connectivity index (χ4n) is 2.60. The monoisotopic (exact) mass is 284 g/mol. The van der Waals surface area contributed by atoms with Crippen molar-refractivity contribution >= 4 is 5.91 Å². The second-order valence-electron chi connectivity index (χ2n) is 5.38. The molecule has 5 nitrogen and oxygen atoms in total. The molecule has 5 heteroatoms. The molecule has 2 aromatic rings. The fourth-order valence-corrected chi connectivity index (χ4v) is 2.60. The summed E-state index contributed by atoms with van der Waals surface area (Å²) in [6, 6.07) is 12.0. The molecule has 2 heterocycles. The van der Waals surface area contributed by atoms with Crippen LogP contribution < -0.4 is 5.32 Å². The van der Waals surface area contributed by atoms with E-state index in [9.17, 15) is 4.79 Å². The molecule has 0 unspecified atom stereocenters. The van der Waals surface area contributed by atoms with Gasteiger partial charge in [-0.25, -0.2) is 4.68 Å². The van der Waals surface area contributed by atoms with Crippen molar-refractivity contribution < 1.29 is 4.79 Å². The lowest BCUT2D eigenvalue weighted by Gasteiger charge is -2.24. The second kappa shape index (κ2) is 6.10. The van der Waals surface area contributed by atoms with E-state index in [-0.39, 0.29) is 11.9 Å². The summed E-state index contributed by atoms with van der Waals surface area (Å²) in [6.07, 6.45) is 2.95. The Morgan fingerprint density at radius 3 is 2.90 bits per heavy atom. The molecule has 0 saturated carbocycles. The largest absolute Gasteiger partial charge is 0.355 e. The van der Waals surface area contributed by atoms with Crippen LogP contribution in [-0.2, 0) is 11.3 Å². The van der Waals surface area contributed by atoms with Gasteiger partial charge in [0, 0.05) is 25.8 Å². The lowest BCUT2D eigenvalue weighted by molar-refractivity contribution is -0.125. The van der Waals surface area contributed by atoms with Crippen molar-refractivity contribution in [3.05, 3.63) is 48.3 Å². The predicted molar refractivity (Wildman–Crippen MR) is 81.1 cm³/mol. The molecule has 0 bridgehead atoms. The summed E-state index contributed by atoms with van der Waals surface area (Å²) in [5.41, 5.74) is 2.03. The Bertz CT molecular complexity index is 608. The number of nitrogens with zero attached hydrogens (tertiary/aromatic N) is 3.